The van der Waals surface area contributed by atoms with Crippen LogP contribution < -0.4 is 10.7 Å². The van der Waals surface area contributed by atoms with E-state index in [2.05, 4.69) is 34.3 Å². The van der Waals surface area contributed by atoms with Gasteiger partial charge < -0.3 is 4.90 Å². The van der Waals surface area contributed by atoms with Crippen LogP contribution in [-0.2, 0) is 6.42 Å². The van der Waals surface area contributed by atoms with Gasteiger partial charge in [0.25, 0.3) is 5.91 Å². The van der Waals surface area contributed by atoms with Gasteiger partial charge in [-0.05, 0) is 48.6 Å². The average molecular weight is 331 g/mol. The van der Waals surface area contributed by atoms with E-state index in [1.54, 1.807) is 18.2 Å². The van der Waals surface area contributed by atoms with Crippen molar-refractivity contribution in [1.82, 2.24) is 4.90 Å². The first kappa shape index (κ1) is 14.5. The predicted octanol–water partition coefficient (Wildman–Crippen LogP) is 2.00. The zero-order valence-electron chi connectivity index (χ0n) is 13.7. The van der Waals surface area contributed by atoms with Crippen molar-refractivity contribution < 1.29 is 9.59 Å². The van der Waals surface area contributed by atoms with Gasteiger partial charge in [0, 0.05) is 24.1 Å². The second kappa shape index (κ2) is 5.34. The first-order chi connectivity index (χ1) is 12.2. The minimum atomic E-state index is -0.496. The third kappa shape index (κ3) is 2.22. The normalized spacial score (nSPS) is 23.4. The number of urea groups is 1. The van der Waals surface area contributed by atoms with E-state index in [0.717, 1.165) is 25.8 Å². The predicted molar refractivity (Wildman–Crippen MR) is 91.1 cm³/mol. The third-order valence-electron chi connectivity index (χ3n) is 5.58. The van der Waals surface area contributed by atoms with Crippen molar-refractivity contribution in [2.24, 2.45) is 9.98 Å². The standard InChI is InChI=1S/C20H17N3O2/c24-19(13-7-8-16-17(10-13)22-20(25)21-16)23-9-3-6-15-14-5-2-1-4-12(14)11-18(15)23/h1-2,4-5,7-8,10,15,18H,3,6,9,11H2/t15?,18-/m0/s1. The summed E-state index contributed by atoms with van der Waals surface area (Å²) in [7, 11) is 0. The Morgan fingerprint density at radius 3 is 2.84 bits per heavy atom. The minimum Gasteiger partial charge on any atom is -0.335 e. The van der Waals surface area contributed by atoms with Gasteiger partial charge in [0.1, 0.15) is 0 Å². The molecule has 1 unspecified atom stereocenters. The molecular formula is C20H17N3O2. The van der Waals surface area contributed by atoms with Gasteiger partial charge in [-0.1, -0.05) is 24.3 Å². The van der Waals surface area contributed by atoms with E-state index >= 15 is 0 Å². The molecular weight excluding hydrogens is 314 g/mol. The molecule has 5 rings (SSSR count). The number of amides is 3. The Morgan fingerprint density at radius 2 is 1.92 bits per heavy atom. The summed E-state index contributed by atoms with van der Waals surface area (Å²) in [5.41, 5.74) is 3.35. The molecule has 0 radical (unpaired) electrons. The van der Waals surface area contributed by atoms with E-state index in [0.29, 0.717) is 22.2 Å². The van der Waals surface area contributed by atoms with Gasteiger partial charge in [-0.25, -0.2) is 4.79 Å². The number of hydrogen-bond acceptors (Lipinski definition) is 2. The summed E-state index contributed by atoms with van der Waals surface area (Å²) in [4.78, 5) is 34.2. The molecule has 0 N–H and O–H groups in total. The van der Waals surface area contributed by atoms with Crippen LogP contribution in [0.5, 0.6) is 0 Å². The summed E-state index contributed by atoms with van der Waals surface area (Å²) in [6.07, 6.45) is 3.08. The molecule has 3 aliphatic rings. The Hall–Kier alpha value is -2.82. The molecule has 2 aromatic carbocycles. The van der Waals surface area contributed by atoms with Crippen LogP contribution in [0, 0.1) is 0 Å². The van der Waals surface area contributed by atoms with Crippen LogP contribution in [0.1, 0.15) is 40.2 Å². The first-order valence-electron chi connectivity index (χ1n) is 8.71. The lowest BCUT2D eigenvalue weighted by atomic mass is 9.88. The van der Waals surface area contributed by atoms with Crippen molar-refractivity contribution >= 4 is 11.9 Å². The van der Waals surface area contributed by atoms with Crippen LogP contribution in [0.3, 0.4) is 0 Å². The molecule has 25 heavy (non-hydrogen) atoms. The second-order valence-corrected chi connectivity index (χ2v) is 6.93. The van der Waals surface area contributed by atoms with E-state index in [-0.39, 0.29) is 11.9 Å². The molecule has 0 bridgehead atoms. The number of likely N-dealkylation sites (tertiary alicyclic amines) is 1. The molecule has 124 valence electrons. The van der Waals surface area contributed by atoms with Crippen LogP contribution in [0.4, 0.5) is 4.79 Å². The lowest BCUT2D eigenvalue weighted by molar-refractivity contribution is 0.0595. The number of carbonyl (C=O) groups is 2. The highest BCUT2D eigenvalue weighted by Crippen LogP contribution is 2.42. The van der Waals surface area contributed by atoms with Crippen molar-refractivity contribution in [2.45, 2.75) is 31.2 Å². The maximum atomic E-state index is 13.1. The molecule has 1 aliphatic carbocycles. The number of fused-ring (bicyclic) bond motifs is 4. The van der Waals surface area contributed by atoms with Gasteiger partial charge in [0.2, 0.25) is 0 Å². The summed E-state index contributed by atoms with van der Waals surface area (Å²) >= 11 is 0. The maximum Gasteiger partial charge on any atom is 0.368 e. The zero-order valence-corrected chi connectivity index (χ0v) is 13.7. The molecule has 2 aromatic rings. The molecule has 1 saturated heterocycles. The van der Waals surface area contributed by atoms with Gasteiger partial charge in [-0.15, -0.1) is 0 Å². The van der Waals surface area contributed by atoms with Crippen LogP contribution in [0.25, 0.3) is 0 Å². The molecule has 1 fully saturated rings. The molecule has 5 nitrogen and oxygen atoms in total. The lowest BCUT2D eigenvalue weighted by Crippen LogP contribution is -2.46. The van der Waals surface area contributed by atoms with Gasteiger partial charge in [-0.3, -0.25) is 4.79 Å². The van der Waals surface area contributed by atoms with Crippen molar-refractivity contribution in [1.29, 1.82) is 0 Å². The summed E-state index contributed by atoms with van der Waals surface area (Å²) in [5, 5.41) is 1.05. The van der Waals surface area contributed by atoms with E-state index in [9.17, 15) is 9.59 Å². The van der Waals surface area contributed by atoms with Gasteiger partial charge in [0.15, 0.2) is 0 Å². The van der Waals surface area contributed by atoms with Gasteiger partial charge >= 0.3 is 6.03 Å². The lowest BCUT2D eigenvalue weighted by Gasteiger charge is -2.38. The Balaban J connectivity index is 1.49. The molecule has 2 heterocycles. The Kier molecular flexibility index (Phi) is 3.10. The molecule has 5 heteroatoms. The largest absolute Gasteiger partial charge is 0.368 e. The SMILES string of the molecule is O=C1N=c2ccc(C(=O)N3CCCC4c5ccccc5C[C@@H]43)cc2=N1. The van der Waals surface area contributed by atoms with E-state index in [4.69, 9.17) is 0 Å². The fourth-order valence-corrected chi connectivity index (χ4v) is 4.47. The monoisotopic (exact) mass is 331 g/mol. The highest BCUT2D eigenvalue weighted by Gasteiger charge is 2.40. The van der Waals surface area contributed by atoms with Crippen molar-refractivity contribution in [3.63, 3.8) is 0 Å². The molecule has 0 saturated carbocycles. The molecule has 0 aromatic heterocycles. The Morgan fingerprint density at radius 1 is 1.08 bits per heavy atom. The number of nitrogens with zero attached hydrogens (tertiary/aromatic N) is 3. The van der Waals surface area contributed by atoms with Gasteiger partial charge in [-0.2, -0.15) is 9.98 Å². The zero-order chi connectivity index (χ0) is 17.0. The second-order valence-electron chi connectivity index (χ2n) is 6.93. The summed E-state index contributed by atoms with van der Waals surface area (Å²) in [6, 6.07) is 13.4. The quantitative estimate of drug-likeness (QED) is 0.802. The smallest absolute Gasteiger partial charge is 0.335 e. The number of hydrogen-bond donors (Lipinski definition) is 0. The summed E-state index contributed by atoms with van der Waals surface area (Å²) < 4.78 is 0. The van der Waals surface area contributed by atoms with Crippen LogP contribution in [0.15, 0.2) is 52.4 Å². The first-order valence-corrected chi connectivity index (χ1v) is 8.71. The maximum absolute atomic E-state index is 13.1. The highest BCUT2D eigenvalue weighted by atomic mass is 16.2. The van der Waals surface area contributed by atoms with E-state index in [1.807, 2.05) is 4.90 Å². The van der Waals surface area contributed by atoms with E-state index in [1.165, 1.54) is 11.1 Å². The fourth-order valence-electron chi connectivity index (χ4n) is 4.47. The Labute approximate surface area is 144 Å². The van der Waals surface area contributed by atoms with Crippen LogP contribution in [0.2, 0.25) is 0 Å². The van der Waals surface area contributed by atoms with Gasteiger partial charge in [0.05, 0.1) is 10.7 Å². The van der Waals surface area contributed by atoms with Crippen LogP contribution in [-0.4, -0.2) is 29.4 Å². The highest BCUT2D eigenvalue weighted by molar-refractivity contribution is 5.94. The average Bonchev–Trinajstić information content (AvgIpc) is 3.19. The van der Waals surface area contributed by atoms with Crippen molar-refractivity contribution in [3.8, 4) is 0 Å². The minimum absolute atomic E-state index is 0.0276. The Bertz CT molecular complexity index is 1030. The molecule has 3 amide bonds. The van der Waals surface area contributed by atoms with Crippen molar-refractivity contribution in [3.05, 3.63) is 69.9 Å². The number of piperidine rings is 1. The van der Waals surface area contributed by atoms with Crippen molar-refractivity contribution in [2.75, 3.05) is 6.54 Å². The number of carbonyl (C=O) groups excluding carboxylic acids is 2. The number of benzene rings is 2. The topological polar surface area (TPSA) is 62.1 Å². The third-order valence-corrected chi connectivity index (χ3v) is 5.58. The van der Waals surface area contributed by atoms with Crippen LogP contribution >= 0.6 is 0 Å². The summed E-state index contributed by atoms with van der Waals surface area (Å²) in [6.45, 7) is 0.783. The molecule has 2 atom stereocenters. The molecule has 2 aliphatic heterocycles. The van der Waals surface area contributed by atoms with E-state index < -0.39 is 6.03 Å². The fraction of sp³-hybridized carbons (Fsp3) is 0.300. The summed E-state index contributed by atoms with van der Waals surface area (Å²) in [5.74, 6) is 0.462. The number of rotatable bonds is 1. The molecule has 0 spiro atoms.